The van der Waals surface area contributed by atoms with Gasteiger partial charge in [-0.25, -0.2) is 0 Å². The molecule has 3 rings (SSSR count). The lowest BCUT2D eigenvalue weighted by molar-refractivity contribution is -0.115. The summed E-state index contributed by atoms with van der Waals surface area (Å²) in [5.41, 5.74) is 1.93. The van der Waals surface area contributed by atoms with Gasteiger partial charge in [-0.3, -0.25) is 4.79 Å². The zero-order chi connectivity index (χ0) is 16.8. The van der Waals surface area contributed by atoms with E-state index in [1.807, 2.05) is 31.2 Å². The Bertz CT molecular complexity index is 660. The lowest BCUT2D eigenvalue weighted by Gasteiger charge is -2.21. The molecule has 1 aromatic carbocycles. The summed E-state index contributed by atoms with van der Waals surface area (Å²) in [4.78, 5) is 16.4. The molecule has 0 spiro atoms. The number of benzene rings is 1. The summed E-state index contributed by atoms with van der Waals surface area (Å²) in [6.45, 7) is 4.20. The normalized spacial score (nSPS) is 15.4. The Kier molecular flexibility index (Phi) is 5.59. The number of anilines is 1. The predicted molar refractivity (Wildman–Crippen MR) is 91.7 cm³/mol. The standard InChI is InChI=1S/C18H24N4O2/c1-13-2-5-15(6-3-13)20-17(23)12-16-21-18(24-22-16)7-4-14-8-10-19-11-9-14/h2-3,5-6,14,19H,4,7-12H2,1H3,(H,20,23). The van der Waals surface area contributed by atoms with Gasteiger partial charge in [-0.1, -0.05) is 22.9 Å². The van der Waals surface area contributed by atoms with Crippen LogP contribution in [-0.2, 0) is 17.6 Å². The number of amides is 1. The van der Waals surface area contributed by atoms with Gasteiger partial charge in [-0.2, -0.15) is 4.98 Å². The molecule has 2 N–H and O–H groups in total. The molecule has 0 aliphatic carbocycles. The molecule has 1 saturated heterocycles. The highest BCUT2D eigenvalue weighted by atomic mass is 16.5. The predicted octanol–water partition coefficient (Wildman–Crippen LogP) is 2.49. The van der Waals surface area contributed by atoms with Gasteiger partial charge in [-0.05, 0) is 57.3 Å². The smallest absolute Gasteiger partial charge is 0.232 e. The SMILES string of the molecule is Cc1ccc(NC(=O)Cc2noc(CCC3CCNCC3)n2)cc1. The lowest BCUT2D eigenvalue weighted by Crippen LogP contribution is -2.27. The van der Waals surface area contributed by atoms with Gasteiger partial charge in [0.2, 0.25) is 11.8 Å². The topological polar surface area (TPSA) is 80.0 Å². The van der Waals surface area contributed by atoms with E-state index in [0.717, 1.165) is 43.1 Å². The Labute approximate surface area is 142 Å². The molecule has 0 saturated carbocycles. The Balaban J connectivity index is 1.46. The minimum absolute atomic E-state index is 0.130. The van der Waals surface area contributed by atoms with Gasteiger partial charge in [0.05, 0.1) is 6.42 Å². The molecule has 24 heavy (non-hydrogen) atoms. The molecule has 1 aliphatic rings. The number of aryl methyl sites for hydroxylation is 2. The van der Waals surface area contributed by atoms with Crippen molar-refractivity contribution in [2.45, 2.75) is 39.0 Å². The number of aromatic nitrogens is 2. The van der Waals surface area contributed by atoms with Gasteiger partial charge in [0.15, 0.2) is 5.82 Å². The first-order valence-electron chi connectivity index (χ1n) is 8.58. The summed E-state index contributed by atoms with van der Waals surface area (Å²) in [5.74, 6) is 1.67. The van der Waals surface area contributed by atoms with Gasteiger partial charge in [0.1, 0.15) is 0 Å². The maximum atomic E-state index is 12.0. The Morgan fingerprint density at radius 3 is 2.79 bits per heavy atom. The van der Waals surface area contributed by atoms with Crippen LogP contribution in [0.2, 0.25) is 0 Å². The number of hydrogen-bond donors (Lipinski definition) is 2. The van der Waals surface area contributed by atoms with Crippen LogP contribution in [0.3, 0.4) is 0 Å². The molecular formula is C18H24N4O2. The first-order valence-corrected chi connectivity index (χ1v) is 8.58. The minimum Gasteiger partial charge on any atom is -0.339 e. The van der Waals surface area contributed by atoms with Crippen LogP contribution in [0.25, 0.3) is 0 Å². The van der Waals surface area contributed by atoms with Gasteiger partial charge < -0.3 is 15.2 Å². The first kappa shape index (κ1) is 16.6. The Morgan fingerprint density at radius 1 is 1.29 bits per heavy atom. The molecule has 2 aromatic rings. The van der Waals surface area contributed by atoms with E-state index in [1.54, 1.807) is 0 Å². The summed E-state index contributed by atoms with van der Waals surface area (Å²) in [5, 5.41) is 10.1. The van der Waals surface area contributed by atoms with Gasteiger partial charge in [0, 0.05) is 12.1 Å². The number of hydrogen-bond acceptors (Lipinski definition) is 5. The molecule has 1 aliphatic heterocycles. The van der Waals surface area contributed by atoms with Crippen molar-refractivity contribution >= 4 is 11.6 Å². The number of rotatable bonds is 6. The van der Waals surface area contributed by atoms with E-state index in [1.165, 1.54) is 12.8 Å². The van der Waals surface area contributed by atoms with E-state index in [-0.39, 0.29) is 12.3 Å². The van der Waals surface area contributed by atoms with Crippen LogP contribution in [0.15, 0.2) is 28.8 Å². The molecule has 6 nitrogen and oxygen atoms in total. The second kappa shape index (κ2) is 8.06. The van der Waals surface area contributed by atoms with E-state index in [0.29, 0.717) is 11.7 Å². The van der Waals surface area contributed by atoms with Gasteiger partial charge in [0.25, 0.3) is 0 Å². The van der Waals surface area contributed by atoms with Crippen LogP contribution in [0.5, 0.6) is 0 Å². The number of carbonyl (C=O) groups is 1. The average molecular weight is 328 g/mol. The molecule has 0 bridgehead atoms. The molecule has 0 atom stereocenters. The Hall–Kier alpha value is -2.21. The van der Waals surface area contributed by atoms with Crippen molar-refractivity contribution < 1.29 is 9.32 Å². The minimum atomic E-state index is -0.135. The maximum Gasteiger partial charge on any atom is 0.232 e. The van der Waals surface area contributed by atoms with Crippen molar-refractivity contribution in [2.24, 2.45) is 5.92 Å². The van der Waals surface area contributed by atoms with E-state index < -0.39 is 0 Å². The summed E-state index contributed by atoms with van der Waals surface area (Å²) in [6.07, 6.45) is 4.40. The third kappa shape index (κ3) is 4.89. The van der Waals surface area contributed by atoms with Crippen molar-refractivity contribution in [1.82, 2.24) is 15.5 Å². The Morgan fingerprint density at radius 2 is 2.04 bits per heavy atom. The van der Waals surface area contributed by atoms with E-state index in [2.05, 4.69) is 20.8 Å². The van der Waals surface area contributed by atoms with Crippen molar-refractivity contribution in [3.63, 3.8) is 0 Å². The molecule has 1 fully saturated rings. The van der Waals surface area contributed by atoms with Crippen LogP contribution in [0.1, 0.15) is 36.5 Å². The fourth-order valence-electron chi connectivity index (χ4n) is 2.95. The summed E-state index contributed by atoms with van der Waals surface area (Å²) < 4.78 is 5.27. The molecule has 128 valence electrons. The van der Waals surface area contributed by atoms with Crippen LogP contribution in [0.4, 0.5) is 5.69 Å². The molecule has 1 amide bonds. The zero-order valence-electron chi connectivity index (χ0n) is 14.0. The molecule has 0 radical (unpaired) electrons. The largest absolute Gasteiger partial charge is 0.339 e. The molecule has 6 heteroatoms. The number of piperidine rings is 1. The van der Waals surface area contributed by atoms with Crippen molar-refractivity contribution in [2.75, 3.05) is 18.4 Å². The van der Waals surface area contributed by atoms with Gasteiger partial charge >= 0.3 is 0 Å². The van der Waals surface area contributed by atoms with Crippen molar-refractivity contribution in [3.8, 4) is 0 Å². The quantitative estimate of drug-likeness (QED) is 0.851. The maximum absolute atomic E-state index is 12.0. The van der Waals surface area contributed by atoms with Crippen LogP contribution in [-0.4, -0.2) is 29.1 Å². The van der Waals surface area contributed by atoms with Gasteiger partial charge in [-0.15, -0.1) is 0 Å². The lowest BCUT2D eigenvalue weighted by atomic mass is 9.93. The molecule has 2 heterocycles. The number of carbonyl (C=O) groups excluding carboxylic acids is 1. The molecule has 0 unspecified atom stereocenters. The van der Waals surface area contributed by atoms with Crippen LogP contribution < -0.4 is 10.6 Å². The number of nitrogens with one attached hydrogen (secondary N) is 2. The highest BCUT2D eigenvalue weighted by molar-refractivity contribution is 5.91. The van der Waals surface area contributed by atoms with Crippen molar-refractivity contribution in [1.29, 1.82) is 0 Å². The second-order valence-electron chi connectivity index (χ2n) is 6.43. The monoisotopic (exact) mass is 328 g/mol. The highest BCUT2D eigenvalue weighted by Crippen LogP contribution is 2.18. The first-order chi connectivity index (χ1) is 11.7. The fourth-order valence-corrected chi connectivity index (χ4v) is 2.95. The van der Waals surface area contributed by atoms with E-state index in [9.17, 15) is 4.79 Å². The third-order valence-corrected chi connectivity index (χ3v) is 4.39. The van der Waals surface area contributed by atoms with E-state index in [4.69, 9.17) is 4.52 Å². The average Bonchev–Trinajstić information content (AvgIpc) is 3.03. The summed E-state index contributed by atoms with van der Waals surface area (Å²) in [6, 6.07) is 7.69. The molecule has 1 aromatic heterocycles. The molecular weight excluding hydrogens is 304 g/mol. The van der Waals surface area contributed by atoms with E-state index >= 15 is 0 Å². The summed E-state index contributed by atoms with van der Waals surface area (Å²) >= 11 is 0. The number of nitrogens with zero attached hydrogens (tertiary/aromatic N) is 2. The van der Waals surface area contributed by atoms with Crippen molar-refractivity contribution in [3.05, 3.63) is 41.5 Å². The fraction of sp³-hybridized carbons (Fsp3) is 0.500. The highest BCUT2D eigenvalue weighted by Gasteiger charge is 2.16. The second-order valence-corrected chi connectivity index (χ2v) is 6.43. The zero-order valence-corrected chi connectivity index (χ0v) is 14.0. The van der Waals surface area contributed by atoms with Crippen LogP contribution in [0, 0.1) is 12.8 Å². The van der Waals surface area contributed by atoms with Crippen LogP contribution >= 0.6 is 0 Å². The summed E-state index contributed by atoms with van der Waals surface area (Å²) in [7, 11) is 0. The third-order valence-electron chi connectivity index (χ3n) is 4.39.